The van der Waals surface area contributed by atoms with Gasteiger partial charge in [-0.2, -0.15) is 0 Å². The van der Waals surface area contributed by atoms with Gasteiger partial charge in [-0.3, -0.25) is 5.41 Å². The molecule has 3 nitrogen and oxygen atoms in total. The van der Waals surface area contributed by atoms with Gasteiger partial charge in [-0.05, 0) is 46.3 Å². The molecule has 0 aromatic heterocycles. The van der Waals surface area contributed by atoms with Crippen LogP contribution >= 0.6 is 39.1 Å². The summed E-state index contributed by atoms with van der Waals surface area (Å²) in [6.07, 6.45) is 0. The summed E-state index contributed by atoms with van der Waals surface area (Å²) in [5, 5.41) is 8.34. The van der Waals surface area contributed by atoms with E-state index in [1.807, 2.05) is 0 Å². The van der Waals surface area contributed by atoms with E-state index in [1.165, 1.54) is 0 Å². The van der Waals surface area contributed by atoms with Crippen LogP contribution in [-0.4, -0.2) is 5.84 Å². The van der Waals surface area contributed by atoms with E-state index in [0.717, 1.165) is 4.47 Å². The summed E-state index contributed by atoms with van der Waals surface area (Å²) >= 11 is 15.2. The second-order valence-corrected chi connectivity index (χ2v) is 5.43. The fraction of sp³-hybridized carbons (Fsp3) is 0. The minimum Gasteiger partial charge on any atom is -0.456 e. The van der Waals surface area contributed by atoms with Crippen LogP contribution in [0.5, 0.6) is 11.5 Å². The van der Waals surface area contributed by atoms with Gasteiger partial charge in [-0.1, -0.05) is 23.2 Å². The fourth-order valence-electron chi connectivity index (χ4n) is 1.46. The molecule has 3 N–H and O–H groups in total. The quantitative estimate of drug-likeness (QED) is 0.608. The van der Waals surface area contributed by atoms with Crippen molar-refractivity contribution < 1.29 is 4.74 Å². The van der Waals surface area contributed by atoms with Crippen LogP contribution in [0.15, 0.2) is 40.9 Å². The lowest BCUT2D eigenvalue weighted by atomic mass is 10.2. The van der Waals surface area contributed by atoms with Gasteiger partial charge in [0.05, 0.1) is 9.50 Å². The highest BCUT2D eigenvalue weighted by Crippen LogP contribution is 2.33. The minimum atomic E-state index is -0.0794. The summed E-state index contributed by atoms with van der Waals surface area (Å²) in [7, 11) is 0. The Bertz CT molecular complexity index is 647. The molecule has 0 saturated carbocycles. The molecule has 0 fully saturated rings. The van der Waals surface area contributed by atoms with Gasteiger partial charge in [0.15, 0.2) is 0 Å². The largest absolute Gasteiger partial charge is 0.456 e. The zero-order chi connectivity index (χ0) is 14.0. The highest BCUT2D eigenvalue weighted by molar-refractivity contribution is 9.10. The molecule has 2 aromatic rings. The Balaban J connectivity index is 2.29. The third-order valence-corrected chi connectivity index (χ3v) is 3.52. The maximum absolute atomic E-state index is 7.36. The van der Waals surface area contributed by atoms with E-state index in [4.69, 9.17) is 39.1 Å². The third kappa shape index (κ3) is 3.41. The van der Waals surface area contributed by atoms with Gasteiger partial charge in [-0.25, -0.2) is 0 Å². The molecule has 6 heteroatoms. The van der Waals surface area contributed by atoms with Gasteiger partial charge in [0.25, 0.3) is 0 Å². The number of benzene rings is 2. The predicted molar refractivity (Wildman–Crippen MR) is 81.7 cm³/mol. The maximum atomic E-state index is 7.36. The molecular formula is C13H9BrCl2N2O. The van der Waals surface area contributed by atoms with Gasteiger partial charge in [0.1, 0.15) is 17.3 Å². The molecule has 0 amide bonds. The van der Waals surface area contributed by atoms with Crippen LogP contribution in [0.25, 0.3) is 0 Å². The third-order valence-electron chi connectivity index (χ3n) is 2.35. The van der Waals surface area contributed by atoms with Crippen LogP contribution in [0.1, 0.15) is 5.56 Å². The van der Waals surface area contributed by atoms with Crippen molar-refractivity contribution in [1.29, 1.82) is 5.41 Å². The summed E-state index contributed by atoms with van der Waals surface area (Å²) < 4.78 is 6.42. The van der Waals surface area contributed by atoms with Crippen LogP contribution in [0.4, 0.5) is 0 Å². The zero-order valence-corrected chi connectivity index (χ0v) is 12.7. The van der Waals surface area contributed by atoms with Gasteiger partial charge in [0.2, 0.25) is 0 Å². The number of hydrogen-bond acceptors (Lipinski definition) is 2. The zero-order valence-electron chi connectivity index (χ0n) is 9.58. The fourth-order valence-corrected chi connectivity index (χ4v) is 2.50. The van der Waals surface area contributed by atoms with Crippen LogP contribution in [0.2, 0.25) is 10.0 Å². The molecule has 98 valence electrons. The van der Waals surface area contributed by atoms with E-state index < -0.39 is 0 Å². The number of ether oxygens (including phenoxy) is 1. The Morgan fingerprint density at radius 1 is 1.16 bits per heavy atom. The number of nitrogens with one attached hydrogen (secondary N) is 1. The standard InChI is InChI=1S/C13H9BrCl2N2O/c14-10-5-7(15)1-4-12(10)19-8-2-3-9(13(17)18)11(16)6-8/h1-6H,(H3,17,18). The summed E-state index contributed by atoms with van der Waals surface area (Å²) in [6.45, 7) is 0. The van der Waals surface area contributed by atoms with Crippen LogP contribution in [-0.2, 0) is 0 Å². The van der Waals surface area contributed by atoms with Crippen molar-refractivity contribution in [2.24, 2.45) is 5.73 Å². The molecule has 0 heterocycles. The van der Waals surface area contributed by atoms with E-state index in [-0.39, 0.29) is 5.84 Å². The number of nitrogens with two attached hydrogens (primary N) is 1. The molecule has 0 aliphatic carbocycles. The lowest BCUT2D eigenvalue weighted by molar-refractivity contribution is 0.479. The van der Waals surface area contributed by atoms with Crippen molar-refractivity contribution in [2.45, 2.75) is 0 Å². The molecule has 2 rings (SSSR count). The molecule has 0 spiro atoms. The van der Waals surface area contributed by atoms with Crippen LogP contribution in [0, 0.1) is 5.41 Å². The smallest absolute Gasteiger partial charge is 0.141 e. The monoisotopic (exact) mass is 358 g/mol. The Hall–Kier alpha value is -1.23. The topological polar surface area (TPSA) is 59.1 Å². The van der Waals surface area contributed by atoms with E-state index in [1.54, 1.807) is 36.4 Å². The van der Waals surface area contributed by atoms with Crippen molar-refractivity contribution in [3.05, 3.63) is 56.5 Å². The van der Waals surface area contributed by atoms with Gasteiger partial charge in [-0.15, -0.1) is 0 Å². The summed E-state index contributed by atoms with van der Waals surface area (Å²) in [5.41, 5.74) is 5.87. The van der Waals surface area contributed by atoms with Crippen LogP contribution in [0.3, 0.4) is 0 Å². The first-order valence-electron chi connectivity index (χ1n) is 5.24. The molecule has 2 aromatic carbocycles. The number of rotatable bonds is 3. The van der Waals surface area contributed by atoms with Gasteiger partial charge >= 0.3 is 0 Å². The van der Waals surface area contributed by atoms with Crippen LogP contribution < -0.4 is 10.5 Å². The minimum absolute atomic E-state index is 0.0794. The first-order valence-corrected chi connectivity index (χ1v) is 6.79. The first kappa shape index (κ1) is 14.2. The first-order chi connectivity index (χ1) is 8.97. The summed E-state index contributed by atoms with van der Waals surface area (Å²) in [5.74, 6) is 1.10. The lowest BCUT2D eigenvalue weighted by Gasteiger charge is -2.09. The average Bonchev–Trinajstić information content (AvgIpc) is 2.32. The summed E-state index contributed by atoms with van der Waals surface area (Å²) in [6, 6.07) is 10.2. The highest BCUT2D eigenvalue weighted by Gasteiger charge is 2.08. The molecule has 0 bridgehead atoms. The molecule has 0 aliphatic rings. The van der Waals surface area contributed by atoms with E-state index in [0.29, 0.717) is 27.1 Å². The van der Waals surface area contributed by atoms with Crippen molar-refractivity contribution in [3.63, 3.8) is 0 Å². The molecule has 0 aliphatic heterocycles. The SMILES string of the molecule is N=C(N)c1ccc(Oc2ccc(Cl)cc2Br)cc1Cl. The average molecular weight is 360 g/mol. The van der Waals surface area contributed by atoms with E-state index >= 15 is 0 Å². The number of hydrogen-bond donors (Lipinski definition) is 2. The Morgan fingerprint density at radius 3 is 2.47 bits per heavy atom. The number of amidine groups is 1. The molecule has 0 atom stereocenters. The second kappa shape index (κ2) is 5.82. The van der Waals surface area contributed by atoms with Crippen molar-refractivity contribution >= 4 is 45.0 Å². The predicted octanol–water partition coefficient (Wildman–Crippen LogP) is 4.83. The molecule has 0 unspecified atom stereocenters. The maximum Gasteiger partial charge on any atom is 0.141 e. The molecule has 19 heavy (non-hydrogen) atoms. The highest BCUT2D eigenvalue weighted by atomic mass is 79.9. The number of halogens is 3. The molecule has 0 saturated heterocycles. The Kier molecular flexibility index (Phi) is 4.34. The van der Waals surface area contributed by atoms with Crippen molar-refractivity contribution in [3.8, 4) is 11.5 Å². The summed E-state index contributed by atoms with van der Waals surface area (Å²) in [4.78, 5) is 0. The molecule has 0 radical (unpaired) electrons. The normalized spacial score (nSPS) is 10.3. The second-order valence-electron chi connectivity index (χ2n) is 3.73. The van der Waals surface area contributed by atoms with E-state index in [9.17, 15) is 0 Å². The molecular weight excluding hydrogens is 351 g/mol. The Morgan fingerprint density at radius 2 is 1.89 bits per heavy atom. The van der Waals surface area contributed by atoms with Gasteiger partial charge in [0, 0.05) is 16.7 Å². The van der Waals surface area contributed by atoms with Gasteiger partial charge < -0.3 is 10.5 Å². The van der Waals surface area contributed by atoms with Crippen molar-refractivity contribution in [2.75, 3.05) is 0 Å². The number of nitrogen functional groups attached to an aromatic ring is 1. The van der Waals surface area contributed by atoms with E-state index in [2.05, 4.69) is 15.9 Å². The lowest BCUT2D eigenvalue weighted by Crippen LogP contribution is -2.11. The van der Waals surface area contributed by atoms with Crippen molar-refractivity contribution in [1.82, 2.24) is 0 Å². The Labute approximate surface area is 128 Å².